The van der Waals surface area contributed by atoms with E-state index in [9.17, 15) is 4.79 Å². The maximum absolute atomic E-state index is 11.3. The van der Waals surface area contributed by atoms with Gasteiger partial charge in [0, 0.05) is 0 Å². The van der Waals surface area contributed by atoms with Gasteiger partial charge in [0.1, 0.15) is 5.75 Å². The van der Waals surface area contributed by atoms with Crippen LogP contribution in [-0.2, 0) is 0 Å². The van der Waals surface area contributed by atoms with Gasteiger partial charge in [-0.05, 0) is 26.0 Å². The summed E-state index contributed by atoms with van der Waals surface area (Å²) >= 11 is 0. The molecule has 0 spiro atoms. The monoisotopic (exact) mass is 289 g/mol. The maximum atomic E-state index is 11.3. The molecular formula is C13H15N5O3. The fourth-order valence-electron chi connectivity index (χ4n) is 1.52. The van der Waals surface area contributed by atoms with Crippen molar-refractivity contribution in [3.8, 4) is 17.8 Å². The fraction of sp³-hybridized carbons (Fsp3) is 0.231. The highest BCUT2D eigenvalue weighted by molar-refractivity contribution is 5.95. The molecular weight excluding hydrogens is 274 g/mol. The molecule has 0 aliphatic carbocycles. The van der Waals surface area contributed by atoms with Crippen LogP contribution in [0.25, 0.3) is 0 Å². The topological polar surface area (TPSA) is 126 Å². The van der Waals surface area contributed by atoms with Crippen LogP contribution < -0.4 is 20.9 Å². The van der Waals surface area contributed by atoms with Crippen LogP contribution in [-0.4, -0.2) is 27.0 Å². The van der Waals surface area contributed by atoms with Crippen LogP contribution in [0.15, 0.2) is 24.3 Å². The second-order valence-electron chi connectivity index (χ2n) is 4.39. The predicted molar refractivity (Wildman–Crippen MR) is 75.0 cm³/mol. The first-order chi connectivity index (χ1) is 9.95. The van der Waals surface area contributed by atoms with E-state index in [-0.39, 0.29) is 35.4 Å². The normalized spacial score (nSPS) is 10.4. The lowest BCUT2D eigenvalue weighted by atomic mass is 10.2. The number of ether oxygens (including phenoxy) is 2. The molecule has 0 bridgehead atoms. The smallest absolute Gasteiger partial charge is 0.330 e. The molecule has 0 fully saturated rings. The van der Waals surface area contributed by atoms with Gasteiger partial charge in [-0.25, -0.2) is 0 Å². The number of nitrogen functional groups attached to an aromatic ring is 1. The van der Waals surface area contributed by atoms with Gasteiger partial charge in [-0.3, -0.25) is 4.79 Å². The van der Waals surface area contributed by atoms with Crippen molar-refractivity contribution >= 4 is 11.9 Å². The summed E-state index contributed by atoms with van der Waals surface area (Å²) in [6, 6.07) is 6.44. The minimum absolute atomic E-state index is 0.0454. The molecule has 4 N–H and O–H groups in total. The molecule has 0 radical (unpaired) electrons. The number of hydrogen-bond donors (Lipinski definition) is 2. The first-order valence-electron chi connectivity index (χ1n) is 6.20. The van der Waals surface area contributed by atoms with E-state index in [2.05, 4.69) is 15.0 Å². The Kier molecular flexibility index (Phi) is 4.17. The Balaban J connectivity index is 2.31. The molecule has 0 saturated heterocycles. The molecule has 8 nitrogen and oxygen atoms in total. The number of anilines is 1. The van der Waals surface area contributed by atoms with E-state index in [1.54, 1.807) is 18.2 Å². The molecule has 0 saturated carbocycles. The van der Waals surface area contributed by atoms with Gasteiger partial charge < -0.3 is 20.9 Å². The van der Waals surface area contributed by atoms with Gasteiger partial charge in [0.2, 0.25) is 5.95 Å². The first-order valence-corrected chi connectivity index (χ1v) is 6.20. The predicted octanol–water partition coefficient (Wildman–Crippen LogP) is 1.13. The van der Waals surface area contributed by atoms with Crippen molar-refractivity contribution in [1.82, 2.24) is 15.0 Å². The summed E-state index contributed by atoms with van der Waals surface area (Å²) in [6.07, 6.45) is -0.127. The molecule has 1 heterocycles. The van der Waals surface area contributed by atoms with Gasteiger partial charge in [-0.2, -0.15) is 9.97 Å². The number of amides is 1. The van der Waals surface area contributed by atoms with Crippen LogP contribution in [0.1, 0.15) is 24.2 Å². The van der Waals surface area contributed by atoms with Crippen molar-refractivity contribution in [3.05, 3.63) is 29.8 Å². The largest absolute Gasteiger partial charge is 0.461 e. The lowest BCUT2D eigenvalue weighted by Gasteiger charge is -2.10. The lowest BCUT2D eigenvalue weighted by molar-refractivity contribution is 0.0998. The standard InChI is InChI=1S/C13H15N5O3/c1-7(2)20-12-16-11(15)17-13(18-12)21-9-6-4-3-5-8(9)10(14)19/h3-7H,1-2H3,(H2,14,19)(H2,15,16,17,18). The van der Waals surface area contributed by atoms with Crippen LogP contribution in [0.3, 0.4) is 0 Å². The Morgan fingerprint density at radius 2 is 1.81 bits per heavy atom. The number of nitrogens with two attached hydrogens (primary N) is 2. The zero-order valence-corrected chi connectivity index (χ0v) is 11.6. The molecule has 21 heavy (non-hydrogen) atoms. The molecule has 1 aromatic carbocycles. The fourth-order valence-corrected chi connectivity index (χ4v) is 1.52. The third-order valence-corrected chi connectivity index (χ3v) is 2.31. The second kappa shape index (κ2) is 6.04. The van der Waals surface area contributed by atoms with Crippen molar-refractivity contribution in [2.75, 3.05) is 5.73 Å². The second-order valence-corrected chi connectivity index (χ2v) is 4.39. The van der Waals surface area contributed by atoms with Crippen LogP contribution in [0, 0.1) is 0 Å². The van der Waals surface area contributed by atoms with Crippen molar-refractivity contribution in [2.45, 2.75) is 20.0 Å². The Bertz CT molecular complexity index is 660. The zero-order chi connectivity index (χ0) is 15.4. The number of nitrogens with zero attached hydrogens (tertiary/aromatic N) is 3. The van der Waals surface area contributed by atoms with Crippen molar-refractivity contribution < 1.29 is 14.3 Å². The van der Waals surface area contributed by atoms with E-state index in [0.717, 1.165) is 0 Å². The number of benzene rings is 1. The van der Waals surface area contributed by atoms with Crippen LogP contribution >= 0.6 is 0 Å². The van der Waals surface area contributed by atoms with Crippen molar-refractivity contribution in [2.24, 2.45) is 5.73 Å². The van der Waals surface area contributed by atoms with Gasteiger partial charge in [-0.15, -0.1) is 4.98 Å². The molecule has 110 valence electrons. The molecule has 8 heteroatoms. The van der Waals surface area contributed by atoms with Gasteiger partial charge in [0.15, 0.2) is 0 Å². The summed E-state index contributed by atoms with van der Waals surface area (Å²) in [4.78, 5) is 23.0. The molecule has 2 aromatic rings. The van der Waals surface area contributed by atoms with Crippen molar-refractivity contribution in [1.29, 1.82) is 0 Å². The van der Waals surface area contributed by atoms with Gasteiger partial charge in [-0.1, -0.05) is 12.1 Å². The Morgan fingerprint density at radius 3 is 2.48 bits per heavy atom. The Hall–Kier alpha value is -2.90. The number of hydrogen-bond acceptors (Lipinski definition) is 7. The Morgan fingerprint density at radius 1 is 1.14 bits per heavy atom. The number of rotatable bonds is 5. The molecule has 2 rings (SSSR count). The van der Waals surface area contributed by atoms with Crippen LogP contribution in [0.5, 0.6) is 17.8 Å². The van der Waals surface area contributed by atoms with Crippen LogP contribution in [0.2, 0.25) is 0 Å². The zero-order valence-electron chi connectivity index (χ0n) is 11.6. The van der Waals surface area contributed by atoms with E-state index >= 15 is 0 Å². The number of carbonyl (C=O) groups excluding carboxylic acids is 1. The quantitative estimate of drug-likeness (QED) is 0.844. The van der Waals surface area contributed by atoms with E-state index in [1.807, 2.05) is 13.8 Å². The third kappa shape index (κ3) is 3.78. The first kappa shape index (κ1) is 14.5. The summed E-state index contributed by atoms with van der Waals surface area (Å²) in [5.41, 5.74) is 11.1. The average molecular weight is 289 g/mol. The summed E-state index contributed by atoms with van der Waals surface area (Å²) < 4.78 is 10.8. The molecule has 0 unspecified atom stereocenters. The highest BCUT2D eigenvalue weighted by Gasteiger charge is 2.13. The van der Waals surface area contributed by atoms with Gasteiger partial charge in [0.25, 0.3) is 5.91 Å². The van der Waals surface area contributed by atoms with Gasteiger partial charge in [0.05, 0.1) is 11.7 Å². The third-order valence-electron chi connectivity index (χ3n) is 2.31. The van der Waals surface area contributed by atoms with E-state index < -0.39 is 5.91 Å². The number of carbonyl (C=O) groups is 1. The number of para-hydroxylation sites is 1. The summed E-state index contributed by atoms with van der Waals surface area (Å²) in [7, 11) is 0. The number of primary amides is 1. The molecule has 1 amide bonds. The van der Waals surface area contributed by atoms with Gasteiger partial charge >= 0.3 is 12.0 Å². The summed E-state index contributed by atoms with van der Waals surface area (Å²) in [5, 5.41) is 0. The Labute approximate surface area is 121 Å². The molecule has 0 aliphatic heterocycles. The van der Waals surface area contributed by atoms with Crippen molar-refractivity contribution in [3.63, 3.8) is 0 Å². The average Bonchev–Trinajstić information content (AvgIpc) is 2.37. The molecule has 1 aromatic heterocycles. The highest BCUT2D eigenvalue weighted by atomic mass is 16.5. The van der Waals surface area contributed by atoms with Crippen LogP contribution in [0.4, 0.5) is 5.95 Å². The lowest BCUT2D eigenvalue weighted by Crippen LogP contribution is -2.13. The maximum Gasteiger partial charge on any atom is 0.330 e. The SMILES string of the molecule is CC(C)Oc1nc(N)nc(Oc2ccccc2C(N)=O)n1. The minimum Gasteiger partial charge on any atom is -0.461 e. The molecule has 0 aliphatic rings. The minimum atomic E-state index is -0.619. The summed E-state index contributed by atoms with van der Waals surface area (Å²) in [5.74, 6) is -0.440. The molecule has 0 atom stereocenters. The van der Waals surface area contributed by atoms with E-state index in [1.165, 1.54) is 6.07 Å². The highest BCUT2D eigenvalue weighted by Crippen LogP contribution is 2.23. The van der Waals surface area contributed by atoms with E-state index in [4.69, 9.17) is 20.9 Å². The number of aromatic nitrogens is 3. The summed E-state index contributed by atoms with van der Waals surface area (Å²) in [6.45, 7) is 3.64. The van der Waals surface area contributed by atoms with E-state index in [0.29, 0.717) is 0 Å².